The molecule has 8 heteroatoms. The number of methoxy groups -OCH3 is 1. The van der Waals surface area contributed by atoms with Gasteiger partial charge in [-0.2, -0.15) is 5.10 Å². The molecule has 2 aromatic rings. The van der Waals surface area contributed by atoms with E-state index in [-0.39, 0.29) is 5.91 Å². The Morgan fingerprint density at radius 3 is 2.34 bits per heavy atom. The Morgan fingerprint density at radius 1 is 1.00 bits per heavy atom. The second-order valence-electron chi connectivity index (χ2n) is 5.69. The zero-order valence-corrected chi connectivity index (χ0v) is 19.1. The van der Waals surface area contributed by atoms with Crippen molar-refractivity contribution < 1.29 is 23.7 Å². The highest BCUT2D eigenvalue weighted by Gasteiger charge is 2.12. The maximum absolute atomic E-state index is 12.4. The molecular weight excluding hydrogens is 487 g/mol. The summed E-state index contributed by atoms with van der Waals surface area (Å²) < 4.78 is 23.0. The van der Waals surface area contributed by atoms with Crippen LogP contribution in [-0.2, 0) is 0 Å². The number of hydrogen-bond donors (Lipinski definition) is 1. The van der Waals surface area contributed by atoms with E-state index in [0.29, 0.717) is 48.4 Å². The van der Waals surface area contributed by atoms with Gasteiger partial charge in [-0.15, -0.1) is 0 Å². The number of hydrogen-bond acceptors (Lipinski definition) is 6. The van der Waals surface area contributed by atoms with Gasteiger partial charge in [-0.25, -0.2) is 5.43 Å². The lowest BCUT2D eigenvalue weighted by Crippen LogP contribution is -2.17. The average molecular weight is 512 g/mol. The molecule has 0 aliphatic rings. The van der Waals surface area contributed by atoms with Gasteiger partial charge in [0.1, 0.15) is 0 Å². The predicted octanol–water partition coefficient (Wildman–Crippen LogP) is 4.26. The number of carbonyl (C=O) groups is 1. The van der Waals surface area contributed by atoms with Gasteiger partial charge in [0.2, 0.25) is 0 Å². The lowest BCUT2D eigenvalue weighted by atomic mass is 10.2. The fourth-order valence-electron chi connectivity index (χ4n) is 2.53. The minimum absolute atomic E-state index is 0.351. The van der Waals surface area contributed by atoms with Crippen LogP contribution in [0.25, 0.3) is 0 Å². The van der Waals surface area contributed by atoms with E-state index in [2.05, 4.69) is 33.1 Å². The Labute approximate surface area is 184 Å². The number of benzene rings is 2. The van der Waals surface area contributed by atoms with Crippen LogP contribution in [-0.4, -0.2) is 39.1 Å². The van der Waals surface area contributed by atoms with Gasteiger partial charge in [0.15, 0.2) is 23.0 Å². The highest BCUT2D eigenvalue weighted by atomic mass is 127. The van der Waals surface area contributed by atoms with Gasteiger partial charge >= 0.3 is 0 Å². The lowest BCUT2D eigenvalue weighted by Gasteiger charge is -2.13. The molecule has 0 bridgehead atoms. The number of ether oxygens (including phenoxy) is 4. The van der Waals surface area contributed by atoms with Gasteiger partial charge in [0.25, 0.3) is 5.91 Å². The van der Waals surface area contributed by atoms with E-state index in [1.54, 1.807) is 31.5 Å². The number of rotatable bonds is 10. The Hall–Kier alpha value is -2.49. The Bertz CT molecular complexity index is 870. The molecule has 156 valence electrons. The monoisotopic (exact) mass is 512 g/mol. The number of carbonyl (C=O) groups excluding carboxylic acids is 1. The summed E-state index contributed by atoms with van der Waals surface area (Å²) in [5.41, 5.74) is 3.73. The maximum Gasteiger partial charge on any atom is 0.271 e. The molecule has 0 spiro atoms. The summed E-state index contributed by atoms with van der Waals surface area (Å²) in [6.45, 7) is 7.24. The summed E-state index contributed by atoms with van der Waals surface area (Å²) in [6, 6.07) is 8.70. The zero-order valence-electron chi connectivity index (χ0n) is 17.0. The highest BCUT2D eigenvalue weighted by molar-refractivity contribution is 14.1. The smallest absolute Gasteiger partial charge is 0.271 e. The molecule has 0 aliphatic heterocycles. The second kappa shape index (κ2) is 11.5. The van der Waals surface area contributed by atoms with Crippen LogP contribution in [0.2, 0.25) is 0 Å². The normalized spacial score (nSPS) is 10.7. The number of hydrazone groups is 1. The Kier molecular flexibility index (Phi) is 9.04. The van der Waals surface area contributed by atoms with Crippen LogP contribution in [0.5, 0.6) is 23.0 Å². The minimum atomic E-state index is -0.351. The van der Waals surface area contributed by atoms with Crippen LogP contribution in [0.1, 0.15) is 36.7 Å². The molecule has 0 fully saturated rings. The first-order valence-electron chi connectivity index (χ1n) is 9.27. The summed E-state index contributed by atoms with van der Waals surface area (Å²) in [6.07, 6.45) is 1.56. The van der Waals surface area contributed by atoms with E-state index in [1.165, 1.54) is 0 Å². The van der Waals surface area contributed by atoms with Crippen molar-refractivity contribution in [3.63, 3.8) is 0 Å². The average Bonchev–Trinajstić information content (AvgIpc) is 2.71. The summed E-state index contributed by atoms with van der Waals surface area (Å²) >= 11 is 2.19. The van der Waals surface area contributed by atoms with Crippen molar-refractivity contribution in [1.29, 1.82) is 0 Å². The molecule has 0 saturated heterocycles. The van der Waals surface area contributed by atoms with Crippen LogP contribution in [0.4, 0.5) is 0 Å². The van der Waals surface area contributed by atoms with Crippen LogP contribution >= 0.6 is 22.6 Å². The molecule has 0 heterocycles. The van der Waals surface area contributed by atoms with Gasteiger partial charge in [-0.05, 0) is 79.3 Å². The highest BCUT2D eigenvalue weighted by Crippen LogP contribution is 2.34. The number of amides is 1. The number of nitrogens with one attached hydrogen (secondary N) is 1. The SMILES string of the molecule is CCOc1cc(C(=O)N/N=C/c2cc(I)c(OCC)c(OCC)c2)ccc1OC. The third kappa shape index (κ3) is 6.25. The molecule has 7 nitrogen and oxygen atoms in total. The van der Waals surface area contributed by atoms with E-state index < -0.39 is 0 Å². The summed E-state index contributed by atoms with van der Waals surface area (Å²) in [4.78, 5) is 12.4. The van der Waals surface area contributed by atoms with Crippen molar-refractivity contribution in [2.75, 3.05) is 26.9 Å². The molecule has 2 aromatic carbocycles. The van der Waals surface area contributed by atoms with Gasteiger partial charge in [0, 0.05) is 5.56 Å². The van der Waals surface area contributed by atoms with Crippen molar-refractivity contribution in [3.05, 3.63) is 45.0 Å². The first-order valence-corrected chi connectivity index (χ1v) is 10.3. The zero-order chi connectivity index (χ0) is 21.2. The van der Waals surface area contributed by atoms with Crippen molar-refractivity contribution >= 4 is 34.7 Å². The molecule has 0 atom stereocenters. The molecule has 0 aromatic heterocycles. The van der Waals surface area contributed by atoms with Crippen molar-refractivity contribution in [2.45, 2.75) is 20.8 Å². The van der Waals surface area contributed by atoms with Gasteiger partial charge in [-0.1, -0.05) is 0 Å². The van der Waals surface area contributed by atoms with Crippen molar-refractivity contribution in [1.82, 2.24) is 5.43 Å². The maximum atomic E-state index is 12.4. The first-order chi connectivity index (χ1) is 14.0. The predicted molar refractivity (Wildman–Crippen MR) is 121 cm³/mol. The standard InChI is InChI=1S/C21H25IN2O5/c1-5-27-18-12-15(8-9-17(18)26-4)21(25)24-23-13-14-10-16(22)20(29-7-3)19(11-14)28-6-2/h8-13H,5-7H2,1-4H3,(H,24,25)/b23-13+. The van der Waals surface area contributed by atoms with Gasteiger partial charge in [-0.3, -0.25) is 4.79 Å². The summed E-state index contributed by atoms with van der Waals surface area (Å²) in [7, 11) is 1.55. The molecule has 0 saturated carbocycles. The first kappa shape index (κ1) is 22.8. The van der Waals surface area contributed by atoms with Crippen LogP contribution in [0.3, 0.4) is 0 Å². The van der Waals surface area contributed by atoms with Crippen molar-refractivity contribution in [2.24, 2.45) is 5.10 Å². The minimum Gasteiger partial charge on any atom is -0.493 e. The van der Waals surface area contributed by atoms with E-state index in [9.17, 15) is 4.79 Å². The third-order valence-corrected chi connectivity index (χ3v) is 4.53. The third-order valence-electron chi connectivity index (χ3n) is 3.73. The number of halogens is 1. The molecule has 0 aliphatic carbocycles. The molecule has 2 rings (SSSR count). The summed E-state index contributed by atoms with van der Waals surface area (Å²) in [5.74, 6) is 2.08. The fourth-order valence-corrected chi connectivity index (χ4v) is 3.31. The molecule has 1 amide bonds. The number of nitrogens with zero attached hydrogens (tertiary/aromatic N) is 1. The molecule has 1 N–H and O–H groups in total. The second-order valence-corrected chi connectivity index (χ2v) is 6.86. The fraction of sp³-hybridized carbons (Fsp3) is 0.333. The van der Waals surface area contributed by atoms with Crippen LogP contribution in [0, 0.1) is 3.57 Å². The van der Waals surface area contributed by atoms with Crippen LogP contribution in [0.15, 0.2) is 35.4 Å². The molecule has 0 radical (unpaired) electrons. The lowest BCUT2D eigenvalue weighted by molar-refractivity contribution is 0.0954. The Balaban J connectivity index is 2.15. The van der Waals surface area contributed by atoms with Crippen molar-refractivity contribution in [3.8, 4) is 23.0 Å². The van der Waals surface area contributed by atoms with Gasteiger partial charge in [0.05, 0.1) is 36.7 Å². The summed E-state index contributed by atoms with van der Waals surface area (Å²) in [5, 5.41) is 4.06. The molecule has 0 unspecified atom stereocenters. The van der Waals surface area contributed by atoms with E-state index in [0.717, 1.165) is 9.13 Å². The van der Waals surface area contributed by atoms with Crippen LogP contribution < -0.4 is 24.4 Å². The topological polar surface area (TPSA) is 78.4 Å². The van der Waals surface area contributed by atoms with E-state index >= 15 is 0 Å². The largest absolute Gasteiger partial charge is 0.493 e. The van der Waals surface area contributed by atoms with E-state index in [1.807, 2.05) is 32.9 Å². The molecule has 29 heavy (non-hydrogen) atoms. The molecular formula is C21H25IN2O5. The Morgan fingerprint density at radius 2 is 1.69 bits per heavy atom. The quantitative estimate of drug-likeness (QED) is 0.293. The van der Waals surface area contributed by atoms with E-state index in [4.69, 9.17) is 18.9 Å². The van der Waals surface area contributed by atoms with Gasteiger partial charge < -0.3 is 18.9 Å².